The van der Waals surface area contributed by atoms with Crippen LogP contribution in [0.3, 0.4) is 0 Å². The second kappa shape index (κ2) is 4.46. The van der Waals surface area contributed by atoms with Crippen LogP contribution in [0.4, 0.5) is 0 Å². The topological polar surface area (TPSA) is 17.1 Å². The minimum absolute atomic E-state index is 0.432. The summed E-state index contributed by atoms with van der Waals surface area (Å²) >= 11 is 0. The molecule has 0 heterocycles. The zero-order chi connectivity index (χ0) is 9.97. The van der Waals surface area contributed by atoms with Gasteiger partial charge in [-0.25, -0.2) is 0 Å². The molecule has 2 aliphatic rings. The fraction of sp³-hybridized carbons (Fsp3) is 0.923. The van der Waals surface area contributed by atoms with Crippen molar-refractivity contribution in [2.24, 2.45) is 17.8 Å². The van der Waals surface area contributed by atoms with Crippen molar-refractivity contribution in [1.82, 2.24) is 0 Å². The van der Waals surface area contributed by atoms with Crippen LogP contribution in [0.5, 0.6) is 0 Å². The number of rotatable bonds is 2. The zero-order valence-electron chi connectivity index (χ0n) is 9.30. The lowest BCUT2D eigenvalue weighted by Crippen LogP contribution is -2.25. The van der Waals surface area contributed by atoms with E-state index in [1.807, 2.05) is 0 Å². The van der Waals surface area contributed by atoms with E-state index in [9.17, 15) is 4.79 Å². The van der Waals surface area contributed by atoms with Crippen LogP contribution in [0.15, 0.2) is 0 Å². The standard InChI is InChI=1S/C13H22O/c1-10-6-7-13(14)12(8-10)9-11-4-2-3-5-11/h10-12H,2-9H2,1H3. The molecule has 80 valence electrons. The average molecular weight is 194 g/mol. The van der Waals surface area contributed by atoms with Gasteiger partial charge in [0.25, 0.3) is 0 Å². The lowest BCUT2D eigenvalue weighted by molar-refractivity contribution is -0.126. The molecule has 2 fully saturated rings. The molecule has 0 bridgehead atoms. The molecule has 2 saturated carbocycles. The second-order valence-corrected chi connectivity index (χ2v) is 5.43. The Hall–Kier alpha value is -0.330. The van der Waals surface area contributed by atoms with Crippen molar-refractivity contribution in [1.29, 1.82) is 0 Å². The van der Waals surface area contributed by atoms with Crippen LogP contribution < -0.4 is 0 Å². The predicted molar refractivity (Wildman–Crippen MR) is 58.1 cm³/mol. The average Bonchev–Trinajstić information content (AvgIpc) is 2.64. The second-order valence-electron chi connectivity index (χ2n) is 5.43. The molecule has 0 amide bonds. The van der Waals surface area contributed by atoms with Crippen LogP contribution >= 0.6 is 0 Å². The van der Waals surface area contributed by atoms with Crippen molar-refractivity contribution < 1.29 is 4.79 Å². The maximum absolute atomic E-state index is 11.7. The monoisotopic (exact) mass is 194 g/mol. The summed E-state index contributed by atoms with van der Waals surface area (Å²) in [6.07, 6.45) is 9.97. The van der Waals surface area contributed by atoms with E-state index in [0.29, 0.717) is 11.7 Å². The number of hydrogen-bond acceptors (Lipinski definition) is 1. The van der Waals surface area contributed by atoms with Crippen LogP contribution in [0.2, 0.25) is 0 Å². The highest BCUT2D eigenvalue weighted by Gasteiger charge is 2.29. The highest BCUT2D eigenvalue weighted by Crippen LogP contribution is 2.36. The highest BCUT2D eigenvalue weighted by atomic mass is 16.1. The first-order valence-electron chi connectivity index (χ1n) is 6.28. The van der Waals surface area contributed by atoms with Gasteiger partial charge in [-0.3, -0.25) is 4.79 Å². The Morgan fingerprint density at radius 3 is 2.64 bits per heavy atom. The fourth-order valence-electron chi connectivity index (χ4n) is 3.20. The summed E-state index contributed by atoms with van der Waals surface area (Å²) < 4.78 is 0. The summed E-state index contributed by atoms with van der Waals surface area (Å²) in [6.45, 7) is 2.30. The van der Waals surface area contributed by atoms with E-state index in [1.165, 1.54) is 38.5 Å². The van der Waals surface area contributed by atoms with E-state index in [1.54, 1.807) is 0 Å². The highest BCUT2D eigenvalue weighted by molar-refractivity contribution is 5.81. The van der Waals surface area contributed by atoms with Crippen molar-refractivity contribution in [3.8, 4) is 0 Å². The number of carbonyl (C=O) groups is 1. The lowest BCUT2D eigenvalue weighted by Gasteiger charge is -2.27. The Bertz CT molecular complexity index is 203. The minimum atomic E-state index is 0.432. The first-order valence-corrected chi connectivity index (χ1v) is 6.28. The lowest BCUT2D eigenvalue weighted by atomic mass is 9.77. The van der Waals surface area contributed by atoms with E-state index >= 15 is 0 Å². The van der Waals surface area contributed by atoms with E-state index in [0.717, 1.165) is 24.7 Å². The quantitative estimate of drug-likeness (QED) is 0.656. The third kappa shape index (κ3) is 2.37. The van der Waals surface area contributed by atoms with Gasteiger partial charge in [0.1, 0.15) is 5.78 Å². The number of Topliss-reactive ketones (excluding diaryl/α,β-unsaturated/α-hetero) is 1. The van der Waals surface area contributed by atoms with E-state index in [-0.39, 0.29) is 0 Å². The Balaban J connectivity index is 1.85. The summed E-state index contributed by atoms with van der Waals surface area (Å²) in [4.78, 5) is 11.7. The third-order valence-corrected chi connectivity index (χ3v) is 4.12. The molecule has 0 spiro atoms. The molecule has 14 heavy (non-hydrogen) atoms. The van der Waals surface area contributed by atoms with Gasteiger partial charge >= 0.3 is 0 Å². The molecule has 0 saturated heterocycles. The van der Waals surface area contributed by atoms with Gasteiger partial charge in [0.15, 0.2) is 0 Å². The summed E-state index contributed by atoms with van der Waals surface area (Å²) in [5.74, 6) is 2.67. The normalized spacial score (nSPS) is 35.1. The Kier molecular flexibility index (Phi) is 3.25. The zero-order valence-corrected chi connectivity index (χ0v) is 9.30. The van der Waals surface area contributed by atoms with Gasteiger partial charge in [-0.2, -0.15) is 0 Å². The molecule has 1 nitrogen and oxygen atoms in total. The van der Waals surface area contributed by atoms with Crippen LogP contribution in [-0.2, 0) is 4.79 Å². The summed E-state index contributed by atoms with van der Waals surface area (Å²) in [6, 6.07) is 0. The van der Waals surface area contributed by atoms with E-state index in [2.05, 4.69) is 6.92 Å². The van der Waals surface area contributed by atoms with Crippen molar-refractivity contribution >= 4 is 5.78 Å². The van der Waals surface area contributed by atoms with Crippen molar-refractivity contribution in [3.63, 3.8) is 0 Å². The van der Waals surface area contributed by atoms with Crippen LogP contribution in [0, 0.1) is 17.8 Å². The molecule has 2 aliphatic carbocycles. The minimum Gasteiger partial charge on any atom is -0.299 e. The molecule has 0 radical (unpaired) electrons. The summed E-state index contributed by atoms with van der Waals surface area (Å²) in [5.41, 5.74) is 0. The molecule has 0 N–H and O–H groups in total. The van der Waals surface area contributed by atoms with Gasteiger partial charge in [-0.1, -0.05) is 32.6 Å². The first-order chi connectivity index (χ1) is 6.75. The SMILES string of the molecule is CC1CCC(=O)C(CC2CCCC2)C1. The van der Waals surface area contributed by atoms with Crippen molar-refractivity contribution in [2.75, 3.05) is 0 Å². The van der Waals surface area contributed by atoms with Gasteiger partial charge in [-0.05, 0) is 31.1 Å². The predicted octanol–water partition coefficient (Wildman–Crippen LogP) is 3.57. The summed E-state index contributed by atoms with van der Waals surface area (Å²) in [5, 5.41) is 0. The van der Waals surface area contributed by atoms with Crippen molar-refractivity contribution in [2.45, 2.75) is 58.3 Å². The van der Waals surface area contributed by atoms with E-state index < -0.39 is 0 Å². The molecule has 0 aromatic heterocycles. The van der Waals surface area contributed by atoms with Crippen LogP contribution in [-0.4, -0.2) is 5.78 Å². The molecular weight excluding hydrogens is 172 g/mol. The molecular formula is C13H22O. The van der Waals surface area contributed by atoms with Crippen LogP contribution in [0.25, 0.3) is 0 Å². The van der Waals surface area contributed by atoms with Gasteiger partial charge in [-0.15, -0.1) is 0 Å². The molecule has 1 heteroatoms. The number of carbonyl (C=O) groups excluding carboxylic acids is 1. The fourth-order valence-corrected chi connectivity index (χ4v) is 3.20. The maximum Gasteiger partial charge on any atom is 0.136 e. The van der Waals surface area contributed by atoms with Gasteiger partial charge < -0.3 is 0 Å². The Labute approximate surface area is 87.3 Å². The van der Waals surface area contributed by atoms with Gasteiger partial charge in [0, 0.05) is 12.3 Å². The van der Waals surface area contributed by atoms with Crippen LogP contribution in [0.1, 0.15) is 58.3 Å². The smallest absolute Gasteiger partial charge is 0.136 e. The molecule has 2 unspecified atom stereocenters. The van der Waals surface area contributed by atoms with E-state index in [4.69, 9.17) is 0 Å². The van der Waals surface area contributed by atoms with Crippen molar-refractivity contribution in [3.05, 3.63) is 0 Å². The maximum atomic E-state index is 11.7. The third-order valence-electron chi connectivity index (χ3n) is 4.12. The Morgan fingerprint density at radius 2 is 1.93 bits per heavy atom. The molecule has 2 rings (SSSR count). The first kappa shape index (κ1) is 10.2. The summed E-state index contributed by atoms with van der Waals surface area (Å²) in [7, 11) is 0. The number of ketones is 1. The van der Waals surface area contributed by atoms with Gasteiger partial charge in [0.05, 0.1) is 0 Å². The van der Waals surface area contributed by atoms with Gasteiger partial charge in [0.2, 0.25) is 0 Å². The molecule has 0 aromatic carbocycles. The molecule has 0 aliphatic heterocycles. The number of hydrogen-bond donors (Lipinski definition) is 0. The largest absolute Gasteiger partial charge is 0.299 e. The Morgan fingerprint density at radius 1 is 1.21 bits per heavy atom. The molecule has 0 aromatic rings. The molecule has 2 atom stereocenters.